The van der Waals surface area contributed by atoms with E-state index in [4.69, 9.17) is 4.42 Å². The molecule has 0 aromatic carbocycles. The highest BCUT2D eigenvalue weighted by Gasteiger charge is 2.17. The van der Waals surface area contributed by atoms with E-state index in [1.54, 1.807) is 18.7 Å². The average molecular weight is 251 g/mol. The molecular formula is C11H13N3O2S. The zero-order valence-electron chi connectivity index (χ0n) is 10.1. The maximum absolute atomic E-state index is 11.0. The van der Waals surface area contributed by atoms with E-state index in [2.05, 4.69) is 10.1 Å². The molecule has 2 heterocycles. The second-order valence-corrected chi connectivity index (χ2v) is 4.71. The van der Waals surface area contributed by atoms with Gasteiger partial charge in [-0.1, -0.05) is 0 Å². The summed E-state index contributed by atoms with van der Waals surface area (Å²) in [5, 5.41) is 5.48. The number of carbonyl (C=O) groups is 1. The molecule has 0 fully saturated rings. The second kappa shape index (κ2) is 4.37. The first-order valence-electron chi connectivity index (χ1n) is 5.13. The van der Waals surface area contributed by atoms with Gasteiger partial charge in [0, 0.05) is 7.05 Å². The number of carbonyl (C=O) groups excluding carboxylic acids is 1. The van der Waals surface area contributed by atoms with E-state index >= 15 is 0 Å². The van der Waals surface area contributed by atoms with Crippen LogP contribution in [0, 0.1) is 20.8 Å². The third kappa shape index (κ3) is 2.12. The van der Waals surface area contributed by atoms with E-state index in [1.807, 2.05) is 13.8 Å². The van der Waals surface area contributed by atoms with Crippen molar-refractivity contribution in [2.24, 2.45) is 7.05 Å². The minimum absolute atomic E-state index is 0.533. The van der Waals surface area contributed by atoms with E-state index in [0.29, 0.717) is 16.5 Å². The third-order valence-electron chi connectivity index (χ3n) is 2.52. The lowest BCUT2D eigenvalue weighted by Gasteiger charge is -1.98. The molecule has 2 aromatic rings. The highest BCUT2D eigenvalue weighted by atomic mass is 32.2. The van der Waals surface area contributed by atoms with Gasteiger partial charge in [-0.05, 0) is 32.5 Å². The van der Waals surface area contributed by atoms with Crippen molar-refractivity contribution in [1.82, 2.24) is 14.8 Å². The quantitative estimate of drug-likeness (QED) is 0.783. The van der Waals surface area contributed by atoms with Gasteiger partial charge in [0.2, 0.25) is 0 Å². The van der Waals surface area contributed by atoms with Gasteiger partial charge in [0.25, 0.3) is 5.22 Å². The van der Waals surface area contributed by atoms with Crippen LogP contribution in [-0.4, -0.2) is 21.1 Å². The van der Waals surface area contributed by atoms with Gasteiger partial charge in [0.05, 0.1) is 17.0 Å². The summed E-state index contributed by atoms with van der Waals surface area (Å²) < 4.78 is 7.14. The third-order valence-corrected chi connectivity index (χ3v) is 3.55. The lowest BCUT2D eigenvalue weighted by Crippen LogP contribution is -1.93. The Hall–Kier alpha value is -1.56. The van der Waals surface area contributed by atoms with Crippen molar-refractivity contribution >= 4 is 18.0 Å². The average Bonchev–Trinajstić information content (AvgIpc) is 2.70. The highest BCUT2D eigenvalue weighted by Crippen LogP contribution is 2.31. The van der Waals surface area contributed by atoms with Gasteiger partial charge >= 0.3 is 0 Å². The molecule has 0 amide bonds. The molecule has 2 aromatic heterocycles. The Morgan fingerprint density at radius 1 is 1.29 bits per heavy atom. The van der Waals surface area contributed by atoms with Gasteiger partial charge in [-0.3, -0.25) is 9.48 Å². The van der Waals surface area contributed by atoms with E-state index in [1.165, 1.54) is 11.8 Å². The SMILES string of the molecule is Cc1nc(Sc2c(C=O)c(C)nn2C)oc1C. The molecule has 0 saturated carbocycles. The molecule has 90 valence electrons. The Kier molecular flexibility index (Phi) is 3.06. The Morgan fingerprint density at radius 3 is 2.53 bits per heavy atom. The molecule has 0 aliphatic carbocycles. The van der Waals surface area contributed by atoms with Gasteiger partial charge in [-0.15, -0.1) is 0 Å². The minimum atomic E-state index is 0.533. The Bertz CT molecular complexity index is 552. The Labute approximate surface area is 103 Å². The van der Waals surface area contributed by atoms with Crippen molar-refractivity contribution < 1.29 is 9.21 Å². The summed E-state index contributed by atoms with van der Waals surface area (Å²) in [6, 6.07) is 0. The van der Waals surface area contributed by atoms with E-state index in [0.717, 1.165) is 22.8 Å². The number of aromatic nitrogens is 3. The number of oxazole rings is 1. The fourth-order valence-electron chi connectivity index (χ4n) is 1.48. The molecule has 0 radical (unpaired) electrons. The van der Waals surface area contributed by atoms with Gasteiger partial charge < -0.3 is 4.42 Å². The van der Waals surface area contributed by atoms with Crippen LogP contribution >= 0.6 is 11.8 Å². The van der Waals surface area contributed by atoms with Gasteiger partial charge in [0.1, 0.15) is 10.8 Å². The zero-order chi connectivity index (χ0) is 12.6. The van der Waals surface area contributed by atoms with Crippen LogP contribution in [0.1, 0.15) is 27.5 Å². The van der Waals surface area contributed by atoms with E-state index in [9.17, 15) is 4.79 Å². The van der Waals surface area contributed by atoms with Crippen molar-refractivity contribution in [2.45, 2.75) is 31.0 Å². The molecule has 0 aliphatic rings. The number of aldehydes is 1. The molecule has 6 heteroatoms. The van der Waals surface area contributed by atoms with Gasteiger partial charge in [0.15, 0.2) is 6.29 Å². The molecule has 0 unspecified atom stereocenters. The maximum atomic E-state index is 11.0. The lowest BCUT2D eigenvalue weighted by molar-refractivity contribution is 0.112. The van der Waals surface area contributed by atoms with Crippen LogP contribution in [0.2, 0.25) is 0 Å². The largest absolute Gasteiger partial charge is 0.436 e. The summed E-state index contributed by atoms with van der Waals surface area (Å²) in [5.41, 5.74) is 2.16. The number of nitrogens with zero attached hydrogens (tertiary/aromatic N) is 3. The molecule has 0 bridgehead atoms. The van der Waals surface area contributed by atoms with Crippen LogP contribution in [0.4, 0.5) is 0 Å². The van der Waals surface area contributed by atoms with Gasteiger partial charge in [-0.25, -0.2) is 4.98 Å². The second-order valence-electron chi connectivity index (χ2n) is 3.77. The molecule has 5 nitrogen and oxygen atoms in total. The molecule has 0 N–H and O–H groups in total. The normalized spacial score (nSPS) is 10.8. The molecule has 0 saturated heterocycles. The summed E-state index contributed by atoms with van der Waals surface area (Å²) in [6.07, 6.45) is 0.813. The smallest absolute Gasteiger partial charge is 0.262 e. The first-order valence-corrected chi connectivity index (χ1v) is 5.95. The highest BCUT2D eigenvalue weighted by molar-refractivity contribution is 7.99. The van der Waals surface area contributed by atoms with Crippen molar-refractivity contribution in [1.29, 1.82) is 0 Å². The molecule has 2 rings (SSSR count). The van der Waals surface area contributed by atoms with Crippen LogP contribution in [0.15, 0.2) is 14.7 Å². The summed E-state index contributed by atoms with van der Waals surface area (Å²) in [4.78, 5) is 15.3. The lowest BCUT2D eigenvalue weighted by atomic mass is 10.3. The van der Waals surface area contributed by atoms with Crippen LogP contribution < -0.4 is 0 Å². The zero-order valence-corrected chi connectivity index (χ0v) is 11.0. The van der Waals surface area contributed by atoms with E-state index in [-0.39, 0.29) is 0 Å². The molecule has 17 heavy (non-hydrogen) atoms. The molecule has 0 aliphatic heterocycles. The predicted octanol–water partition coefficient (Wildman–Crippen LogP) is 2.30. The molecule has 0 atom stereocenters. The molecule has 0 spiro atoms. The minimum Gasteiger partial charge on any atom is -0.436 e. The number of hydrogen-bond acceptors (Lipinski definition) is 5. The van der Waals surface area contributed by atoms with Crippen molar-refractivity contribution in [3.8, 4) is 0 Å². The fraction of sp³-hybridized carbons (Fsp3) is 0.364. The summed E-state index contributed by atoms with van der Waals surface area (Å²) >= 11 is 1.31. The first-order chi connectivity index (χ1) is 8.02. The predicted molar refractivity (Wildman–Crippen MR) is 63.4 cm³/mol. The summed E-state index contributed by atoms with van der Waals surface area (Å²) in [6.45, 7) is 5.55. The number of rotatable bonds is 3. The number of hydrogen-bond donors (Lipinski definition) is 0. The molecular weight excluding hydrogens is 238 g/mol. The van der Waals surface area contributed by atoms with Crippen LogP contribution in [0.25, 0.3) is 0 Å². The van der Waals surface area contributed by atoms with Crippen LogP contribution in [0.5, 0.6) is 0 Å². The standard InChI is InChI=1S/C11H13N3O2S/c1-6-8(3)16-11(12-6)17-10-9(5-15)7(2)13-14(10)4/h5H,1-4H3. The Morgan fingerprint density at radius 2 is 2.00 bits per heavy atom. The number of aryl methyl sites for hydroxylation is 4. The van der Waals surface area contributed by atoms with Crippen LogP contribution in [0.3, 0.4) is 0 Å². The topological polar surface area (TPSA) is 60.9 Å². The first kappa shape index (κ1) is 11.9. The van der Waals surface area contributed by atoms with Gasteiger partial charge in [-0.2, -0.15) is 5.10 Å². The maximum Gasteiger partial charge on any atom is 0.262 e. The summed E-state index contributed by atoms with van der Waals surface area (Å²) in [5.74, 6) is 0.791. The Balaban J connectivity index is 2.38. The van der Waals surface area contributed by atoms with Crippen LogP contribution in [-0.2, 0) is 7.05 Å². The van der Waals surface area contributed by atoms with Crippen molar-refractivity contribution in [3.05, 3.63) is 22.7 Å². The van der Waals surface area contributed by atoms with E-state index < -0.39 is 0 Å². The van der Waals surface area contributed by atoms with Crippen molar-refractivity contribution in [3.63, 3.8) is 0 Å². The fourth-order valence-corrected chi connectivity index (χ4v) is 2.47. The summed E-state index contributed by atoms with van der Waals surface area (Å²) in [7, 11) is 1.80. The monoisotopic (exact) mass is 251 g/mol. The van der Waals surface area contributed by atoms with Crippen molar-refractivity contribution in [2.75, 3.05) is 0 Å².